The van der Waals surface area contributed by atoms with Crippen LogP contribution in [0.15, 0.2) is 35.8 Å². The Balaban J connectivity index is 2.21. The van der Waals surface area contributed by atoms with E-state index in [0.29, 0.717) is 5.75 Å². The van der Waals surface area contributed by atoms with Gasteiger partial charge < -0.3 is 9.84 Å². The molecule has 0 saturated carbocycles. The normalized spacial score (nSPS) is 9.88. The SMILES string of the molecule is O=C(Oc1ccccc1)c1ncsc1C(=O)O. The van der Waals surface area contributed by atoms with Crippen LogP contribution in [-0.4, -0.2) is 22.0 Å². The summed E-state index contributed by atoms with van der Waals surface area (Å²) in [6.45, 7) is 0. The number of aromatic carboxylic acids is 1. The Kier molecular flexibility index (Phi) is 3.15. The van der Waals surface area contributed by atoms with Gasteiger partial charge in [-0.05, 0) is 12.1 Å². The second kappa shape index (κ2) is 4.75. The number of carbonyl (C=O) groups excluding carboxylic acids is 1. The fourth-order valence-electron chi connectivity index (χ4n) is 1.19. The maximum Gasteiger partial charge on any atom is 0.364 e. The van der Waals surface area contributed by atoms with Crippen molar-refractivity contribution < 1.29 is 19.4 Å². The van der Waals surface area contributed by atoms with E-state index in [1.807, 2.05) is 0 Å². The number of para-hydroxylation sites is 1. The molecule has 1 aromatic carbocycles. The summed E-state index contributed by atoms with van der Waals surface area (Å²) < 4.78 is 4.99. The molecule has 17 heavy (non-hydrogen) atoms. The molecule has 0 unspecified atom stereocenters. The molecule has 0 amide bonds. The van der Waals surface area contributed by atoms with Gasteiger partial charge in [0.1, 0.15) is 10.6 Å². The molecule has 0 aliphatic carbocycles. The predicted molar refractivity (Wildman–Crippen MR) is 60.5 cm³/mol. The van der Waals surface area contributed by atoms with Crippen molar-refractivity contribution in [1.82, 2.24) is 4.98 Å². The minimum absolute atomic E-state index is 0.120. The molecule has 6 heteroatoms. The maximum absolute atomic E-state index is 11.7. The molecule has 0 saturated heterocycles. The number of ether oxygens (including phenoxy) is 1. The molecule has 86 valence electrons. The second-order valence-electron chi connectivity index (χ2n) is 3.04. The highest BCUT2D eigenvalue weighted by Gasteiger charge is 2.21. The van der Waals surface area contributed by atoms with E-state index in [2.05, 4.69) is 4.98 Å². The summed E-state index contributed by atoms with van der Waals surface area (Å²) in [5.74, 6) is -1.61. The van der Waals surface area contributed by atoms with Crippen LogP contribution < -0.4 is 4.74 Å². The van der Waals surface area contributed by atoms with Crippen LogP contribution in [-0.2, 0) is 0 Å². The van der Waals surface area contributed by atoms with Gasteiger partial charge in [-0.25, -0.2) is 14.6 Å². The summed E-state index contributed by atoms with van der Waals surface area (Å²) in [7, 11) is 0. The first kappa shape index (κ1) is 11.3. The van der Waals surface area contributed by atoms with Crippen molar-refractivity contribution in [3.05, 3.63) is 46.4 Å². The average Bonchev–Trinajstić information content (AvgIpc) is 2.79. The third-order valence-corrected chi connectivity index (χ3v) is 2.72. The molecule has 0 atom stereocenters. The highest BCUT2D eigenvalue weighted by Crippen LogP contribution is 2.16. The smallest absolute Gasteiger partial charge is 0.364 e. The summed E-state index contributed by atoms with van der Waals surface area (Å²) in [4.78, 5) is 26.0. The lowest BCUT2D eigenvalue weighted by molar-refractivity contribution is 0.0670. The fourth-order valence-corrected chi connectivity index (χ4v) is 1.80. The summed E-state index contributed by atoms with van der Waals surface area (Å²) >= 11 is 0.885. The second-order valence-corrected chi connectivity index (χ2v) is 3.89. The van der Waals surface area contributed by atoms with E-state index in [1.165, 1.54) is 5.51 Å². The van der Waals surface area contributed by atoms with Gasteiger partial charge in [0, 0.05) is 0 Å². The first-order chi connectivity index (χ1) is 8.18. The van der Waals surface area contributed by atoms with E-state index in [4.69, 9.17) is 9.84 Å². The van der Waals surface area contributed by atoms with Gasteiger partial charge in [0.25, 0.3) is 0 Å². The number of thiazole rings is 1. The summed E-state index contributed by atoms with van der Waals surface area (Å²) in [5, 5.41) is 8.83. The third-order valence-electron chi connectivity index (χ3n) is 1.91. The van der Waals surface area contributed by atoms with Gasteiger partial charge in [-0.2, -0.15) is 0 Å². The maximum atomic E-state index is 11.7. The van der Waals surface area contributed by atoms with Gasteiger partial charge in [-0.15, -0.1) is 11.3 Å². The van der Waals surface area contributed by atoms with Crippen LogP contribution in [0.5, 0.6) is 5.75 Å². The quantitative estimate of drug-likeness (QED) is 0.665. The van der Waals surface area contributed by atoms with Crippen molar-refractivity contribution in [3.63, 3.8) is 0 Å². The van der Waals surface area contributed by atoms with E-state index >= 15 is 0 Å². The Labute approximate surface area is 100 Å². The van der Waals surface area contributed by atoms with Crippen molar-refractivity contribution in [2.75, 3.05) is 0 Å². The Bertz CT molecular complexity index is 550. The minimum Gasteiger partial charge on any atom is -0.477 e. The van der Waals surface area contributed by atoms with E-state index in [0.717, 1.165) is 11.3 Å². The molecule has 5 nitrogen and oxygen atoms in total. The molecule has 2 aromatic rings. The lowest BCUT2D eigenvalue weighted by atomic mass is 10.3. The molecule has 0 fully saturated rings. The molecule has 1 N–H and O–H groups in total. The Morgan fingerprint density at radius 1 is 1.24 bits per heavy atom. The zero-order valence-corrected chi connectivity index (χ0v) is 9.31. The van der Waals surface area contributed by atoms with Crippen molar-refractivity contribution in [1.29, 1.82) is 0 Å². The van der Waals surface area contributed by atoms with Crippen LogP contribution >= 0.6 is 11.3 Å². The number of esters is 1. The monoisotopic (exact) mass is 249 g/mol. The van der Waals surface area contributed by atoms with Crippen molar-refractivity contribution in [2.45, 2.75) is 0 Å². The van der Waals surface area contributed by atoms with Crippen molar-refractivity contribution in [3.8, 4) is 5.75 Å². The number of hydrogen-bond acceptors (Lipinski definition) is 5. The van der Waals surface area contributed by atoms with Gasteiger partial charge in [0.2, 0.25) is 0 Å². The molecule has 0 bridgehead atoms. The van der Waals surface area contributed by atoms with Gasteiger partial charge in [-0.3, -0.25) is 0 Å². The molecule has 0 aliphatic rings. The Morgan fingerprint density at radius 3 is 2.59 bits per heavy atom. The lowest BCUT2D eigenvalue weighted by Gasteiger charge is -2.01. The van der Waals surface area contributed by atoms with Crippen LogP contribution in [0.3, 0.4) is 0 Å². The number of hydrogen-bond donors (Lipinski definition) is 1. The number of rotatable bonds is 3. The summed E-state index contributed by atoms with van der Waals surface area (Å²) in [6, 6.07) is 8.40. The first-order valence-corrected chi connectivity index (χ1v) is 5.50. The molecule has 2 rings (SSSR count). The van der Waals surface area contributed by atoms with Gasteiger partial charge in [0.05, 0.1) is 5.51 Å². The number of aromatic nitrogens is 1. The lowest BCUT2D eigenvalue weighted by Crippen LogP contribution is -2.13. The minimum atomic E-state index is -1.19. The topological polar surface area (TPSA) is 76.5 Å². The van der Waals surface area contributed by atoms with Crippen LogP contribution in [0.25, 0.3) is 0 Å². The van der Waals surface area contributed by atoms with Crippen LogP contribution in [0.1, 0.15) is 20.2 Å². The van der Waals surface area contributed by atoms with Gasteiger partial charge >= 0.3 is 11.9 Å². The Morgan fingerprint density at radius 2 is 1.94 bits per heavy atom. The molecule has 1 heterocycles. The van der Waals surface area contributed by atoms with E-state index in [1.54, 1.807) is 30.3 Å². The largest absolute Gasteiger partial charge is 0.477 e. The summed E-state index contributed by atoms with van der Waals surface area (Å²) in [5.41, 5.74) is 1.12. The highest BCUT2D eigenvalue weighted by molar-refractivity contribution is 7.12. The molecule has 1 aromatic heterocycles. The van der Waals surface area contributed by atoms with E-state index < -0.39 is 11.9 Å². The third kappa shape index (κ3) is 2.48. The molecular weight excluding hydrogens is 242 g/mol. The number of benzene rings is 1. The average molecular weight is 249 g/mol. The van der Waals surface area contributed by atoms with Crippen molar-refractivity contribution >= 4 is 23.3 Å². The Hall–Kier alpha value is -2.21. The summed E-state index contributed by atoms with van der Waals surface area (Å²) in [6.07, 6.45) is 0. The fraction of sp³-hybridized carbons (Fsp3) is 0. The number of carboxylic acids is 1. The molecule has 0 aliphatic heterocycles. The number of carbonyl (C=O) groups is 2. The van der Waals surface area contributed by atoms with E-state index in [-0.39, 0.29) is 10.6 Å². The molecule has 0 spiro atoms. The van der Waals surface area contributed by atoms with Gasteiger partial charge in [0.15, 0.2) is 5.69 Å². The highest BCUT2D eigenvalue weighted by atomic mass is 32.1. The van der Waals surface area contributed by atoms with Crippen LogP contribution in [0, 0.1) is 0 Å². The van der Waals surface area contributed by atoms with Gasteiger partial charge in [-0.1, -0.05) is 18.2 Å². The van der Waals surface area contributed by atoms with E-state index in [9.17, 15) is 9.59 Å². The zero-order chi connectivity index (χ0) is 12.3. The van der Waals surface area contributed by atoms with Crippen LogP contribution in [0.2, 0.25) is 0 Å². The molecule has 0 radical (unpaired) electrons. The zero-order valence-electron chi connectivity index (χ0n) is 8.49. The first-order valence-electron chi connectivity index (χ1n) is 4.62. The number of nitrogens with zero attached hydrogens (tertiary/aromatic N) is 1. The standard InChI is InChI=1S/C11H7NO4S/c13-10(14)9-8(12-6-17-9)11(15)16-7-4-2-1-3-5-7/h1-6H,(H,13,14). The van der Waals surface area contributed by atoms with Crippen LogP contribution in [0.4, 0.5) is 0 Å². The predicted octanol–water partition coefficient (Wildman–Crippen LogP) is 2.06. The number of carboxylic acid groups (broad SMARTS) is 1. The molecular formula is C11H7NO4S. The van der Waals surface area contributed by atoms with Crippen molar-refractivity contribution in [2.24, 2.45) is 0 Å².